The lowest BCUT2D eigenvalue weighted by molar-refractivity contribution is -0.129. The molecule has 0 unspecified atom stereocenters. The molecule has 0 N–H and O–H groups in total. The molecule has 0 spiro atoms. The Morgan fingerprint density at radius 3 is 2.59 bits per heavy atom. The number of carbonyl (C=O) groups excluding carboxylic acids is 1. The summed E-state index contributed by atoms with van der Waals surface area (Å²) in [6.45, 7) is 3.71. The average Bonchev–Trinajstić information content (AvgIpc) is 2.73. The Morgan fingerprint density at radius 1 is 1.14 bits per heavy atom. The number of thioether (sulfide) groups is 1. The van der Waals surface area contributed by atoms with E-state index in [0.29, 0.717) is 22.0 Å². The van der Waals surface area contributed by atoms with Crippen LogP contribution in [0.25, 0.3) is 16.6 Å². The molecule has 0 radical (unpaired) electrons. The Morgan fingerprint density at radius 2 is 1.83 bits per heavy atom. The normalized spacial score (nSPS) is 15.0. The van der Waals surface area contributed by atoms with E-state index >= 15 is 0 Å². The van der Waals surface area contributed by atoms with Crippen LogP contribution in [0.2, 0.25) is 0 Å². The number of para-hydroxylation sites is 2. The highest BCUT2D eigenvalue weighted by Crippen LogP contribution is 2.24. The number of amides is 1. The van der Waals surface area contributed by atoms with Gasteiger partial charge in [0, 0.05) is 13.1 Å². The zero-order chi connectivity index (χ0) is 20.4. The maximum Gasteiger partial charge on any atom is 0.266 e. The zero-order valence-electron chi connectivity index (χ0n) is 16.2. The molecular weight excluding hydrogens is 389 g/mol. The summed E-state index contributed by atoms with van der Waals surface area (Å²) in [6, 6.07) is 13.1. The Bertz CT molecular complexity index is 1110. The fraction of sp³-hybridized carbons (Fsp3) is 0.318. The highest BCUT2D eigenvalue weighted by atomic mass is 32.2. The number of carbonyl (C=O) groups is 1. The largest absolute Gasteiger partial charge is 0.342 e. The van der Waals surface area contributed by atoms with Gasteiger partial charge >= 0.3 is 0 Å². The lowest BCUT2D eigenvalue weighted by Gasteiger charge is -2.30. The minimum absolute atomic E-state index is 0.0180. The summed E-state index contributed by atoms with van der Waals surface area (Å²) >= 11 is 1.18. The van der Waals surface area contributed by atoms with Gasteiger partial charge in [-0.15, -0.1) is 0 Å². The molecule has 150 valence electrons. The van der Waals surface area contributed by atoms with Gasteiger partial charge in [-0.25, -0.2) is 9.37 Å². The maximum absolute atomic E-state index is 14.5. The average molecular weight is 412 g/mol. The lowest BCUT2D eigenvalue weighted by Crippen LogP contribution is -2.39. The first kappa shape index (κ1) is 19.6. The summed E-state index contributed by atoms with van der Waals surface area (Å²) in [6.07, 6.45) is 2.01. The van der Waals surface area contributed by atoms with E-state index in [2.05, 4.69) is 11.9 Å². The summed E-state index contributed by atoms with van der Waals surface area (Å²) < 4.78 is 15.8. The van der Waals surface area contributed by atoms with Gasteiger partial charge in [0.25, 0.3) is 5.56 Å². The third-order valence-electron chi connectivity index (χ3n) is 5.30. The molecule has 1 aliphatic rings. The van der Waals surface area contributed by atoms with E-state index in [1.165, 1.54) is 22.4 Å². The number of aromatic nitrogens is 2. The predicted octanol–water partition coefficient (Wildman–Crippen LogP) is 3.88. The van der Waals surface area contributed by atoms with Crippen LogP contribution in [0.1, 0.15) is 19.8 Å². The van der Waals surface area contributed by atoms with Gasteiger partial charge in [-0.2, -0.15) is 0 Å². The first-order valence-corrected chi connectivity index (χ1v) is 10.7. The van der Waals surface area contributed by atoms with Crippen molar-refractivity contribution in [1.82, 2.24) is 14.5 Å². The van der Waals surface area contributed by atoms with Crippen molar-refractivity contribution in [2.45, 2.75) is 24.9 Å². The van der Waals surface area contributed by atoms with E-state index in [-0.39, 0.29) is 22.9 Å². The topological polar surface area (TPSA) is 55.2 Å². The van der Waals surface area contributed by atoms with E-state index < -0.39 is 5.82 Å². The predicted molar refractivity (Wildman–Crippen MR) is 113 cm³/mol. The maximum atomic E-state index is 14.5. The third-order valence-corrected chi connectivity index (χ3v) is 6.22. The molecular formula is C22H22FN3O2S. The molecule has 7 heteroatoms. The summed E-state index contributed by atoms with van der Waals surface area (Å²) in [7, 11) is 0. The van der Waals surface area contributed by atoms with Crippen molar-refractivity contribution >= 4 is 28.6 Å². The number of likely N-dealkylation sites (tertiary alicyclic amines) is 1. The summed E-state index contributed by atoms with van der Waals surface area (Å²) in [5.41, 5.74) is 0.326. The van der Waals surface area contributed by atoms with Gasteiger partial charge in [0.2, 0.25) is 5.91 Å². The quantitative estimate of drug-likeness (QED) is 0.483. The summed E-state index contributed by atoms with van der Waals surface area (Å²) in [4.78, 5) is 32.2. The summed E-state index contributed by atoms with van der Waals surface area (Å²) in [5, 5.41) is 0.731. The lowest BCUT2D eigenvalue weighted by atomic mass is 9.99. The van der Waals surface area contributed by atoms with Crippen LogP contribution in [0.5, 0.6) is 0 Å². The molecule has 5 nitrogen and oxygen atoms in total. The molecule has 4 rings (SSSR count). The fourth-order valence-corrected chi connectivity index (χ4v) is 4.44. The van der Waals surface area contributed by atoms with Gasteiger partial charge in [-0.05, 0) is 43.0 Å². The van der Waals surface area contributed by atoms with Crippen LogP contribution in [0.4, 0.5) is 4.39 Å². The van der Waals surface area contributed by atoms with Crippen LogP contribution in [-0.2, 0) is 4.79 Å². The standard InChI is InChI=1S/C22H22FN3O2S/c1-15-10-12-25(13-11-15)20(27)14-29-22-24-18-8-4-2-6-16(18)21(28)26(22)19-9-5-3-7-17(19)23/h2-9,15H,10-14H2,1H3. The minimum Gasteiger partial charge on any atom is -0.342 e. The van der Waals surface area contributed by atoms with Gasteiger partial charge < -0.3 is 4.90 Å². The first-order chi connectivity index (χ1) is 14.0. The molecule has 29 heavy (non-hydrogen) atoms. The van der Waals surface area contributed by atoms with Crippen molar-refractivity contribution in [3.63, 3.8) is 0 Å². The highest BCUT2D eigenvalue weighted by Gasteiger charge is 2.22. The van der Waals surface area contributed by atoms with E-state index in [4.69, 9.17) is 0 Å². The summed E-state index contributed by atoms with van der Waals surface area (Å²) in [5.74, 6) is 0.308. The van der Waals surface area contributed by atoms with E-state index in [1.54, 1.807) is 42.5 Å². The second-order valence-electron chi connectivity index (χ2n) is 7.36. The van der Waals surface area contributed by atoms with Crippen LogP contribution in [-0.4, -0.2) is 39.2 Å². The molecule has 2 heterocycles. The Labute approximate surface area is 172 Å². The molecule has 0 atom stereocenters. The van der Waals surface area contributed by atoms with Crippen molar-refractivity contribution in [1.29, 1.82) is 0 Å². The first-order valence-electron chi connectivity index (χ1n) is 9.72. The number of hydrogen-bond donors (Lipinski definition) is 0. The van der Waals surface area contributed by atoms with Crippen LogP contribution in [0.3, 0.4) is 0 Å². The number of piperidine rings is 1. The van der Waals surface area contributed by atoms with E-state index in [0.717, 1.165) is 25.9 Å². The van der Waals surface area contributed by atoms with E-state index in [9.17, 15) is 14.0 Å². The van der Waals surface area contributed by atoms with Crippen LogP contribution < -0.4 is 5.56 Å². The van der Waals surface area contributed by atoms with Gasteiger partial charge in [0.15, 0.2) is 5.16 Å². The van der Waals surface area contributed by atoms with Crippen LogP contribution in [0.15, 0.2) is 58.5 Å². The molecule has 1 fully saturated rings. The Kier molecular flexibility index (Phi) is 5.67. The van der Waals surface area contributed by atoms with Gasteiger partial charge in [0.05, 0.1) is 22.3 Å². The number of fused-ring (bicyclic) bond motifs is 1. The van der Waals surface area contributed by atoms with Gasteiger partial charge in [-0.3, -0.25) is 14.2 Å². The molecule has 2 aromatic carbocycles. The smallest absolute Gasteiger partial charge is 0.266 e. The number of rotatable bonds is 4. The Balaban J connectivity index is 1.69. The molecule has 0 saturated carbocycles. The van der Waals surface area contributed by atoms with Crippen molar-refractivity contribution < 1.29 is 9.18 Å². The molecule has 1 aromatic heterocycles. The number of nitrogens with zero attached hydrogens (tertiary/aromatic N) is 3. The number of hydrogen-bond acceptors (Lipinski definition) is 4. The van der Waals surface area contributed by atoms with Crippen LogP contribution >= 0.6 is 11.8 Å². The minimum atomic E-state index is -0.509. The van der Waals surface area contributed by atoms with Gasteiger partial charge in [0.1, 0.15) is 5.82 Å². The van der Waals surface area contributed by atoms with Crippen molar-refractivity contribution in [3.8, 4) is 5.69 Å². The zero-order valence-corrected chi connectivity index (χ0v) is 17.0. The van der Waals surface area contributed by atoms with E-state index in [1.807, 2.05) is 4.90 Å². The second kappa shape index (κ2) is 8.37. The molecule has 1 saturated heterocycles. The number of halogens is 1. The molecule has 3 aromatic rings. The van der Waals surface area contributed by atoms with Crippen molar-refractivity contribution in [2.75, 3.05) is 18.8 Å². The molecule has 1 aliphatic heterocycles. The van der Waals surface area contributed by atoms with Gasteiger partial charge in [-0.1, -0.05) is 43.0 Å². The molecule has 0 aliphatic carbocycles. The Hall–Kier alpha value is -2.67. The fourth-order valence-electron chi connectivity index (χ4n) is 3.53. The van der Waals surface area contributed by atoms with Crippen molar-refractivity contribution in [2.24, 2.45) is 5.92 Å². The highest BCUT2D eigenvalue weighted by molar-refractivity contribution is 7.99. The van der Waals surface area contributed by atoms with Crippen molar-refractivity contribution in [3.05, 3.63) is 64.7 Å². The molecule has 1 amide bonds. The van der Waals surface area contributed by atoms with Crippen LogP contribution in [0, 0.1) is 11.7 Å². The molecule has 0 bridgehead atoms. The monoisotopic (exact) mass is 411 g/mol. The third kappa shape index (κ3) is 4.05. The SMILES string of the molecule is CC1CCN(C(=O)CSc2nc3ccccc3c(=O)n2-c2ccccc2F)CC1. The number of benzene rings is 2. The second-order valence-corrected chi connectivity index (χ2v) is 8.30.